The molecule has 5 nitrogen and oxygen atoms in total. The predicted molar refractivity (Wildman–Crippen MR) is 110 cm³/mol. The maximum absolute atomic E-state index is 13.1. The van der Waals surface area contributed by atoms with Crippen molar-refractivity contribution in [1.82, 2.24) is 9.66 Å². The minimum atomic E-state index is -4.39. The van der Waals surface area contributed by atoms with Gasteiger partial charge in [-0.15, -0.1) is 0 Å². The summed E-state index contributed by atoms with van der Waals surface area (Å²) in [5.74, 6) is 1.66. The Balaban J connectivity index is 1.56. The van der Waals surface area contributed by atoms with Crippen LogP contribution in [0.2, 0.25) is 0 Å². The number of hydrogen-bond acceptors (Lipinski definition) is 3. The Morgan fingerprint density at radius 1 is 1.17 bits per heavy atom. The van der Waals surface area contributed by atoms with Gasteiger partial charge in [-0.25, -0.2) is 9.66 Å². The van der Waals surface area contributed by atoms with E-state index in [0.717, 1.165) is 36.6 Å². The molecule has 0 radical (unpaired) electrons. The molecule has 1 aromatic carbocycles. The van der Waals surface area contributed by atoms with Crippen molar-refractivity contribution < 1.29 is 18.3 Å². The second-order valence-corrected chi connectivity index (χ2v) is 8.45. The first-order valence-corrected chi connectivity index (χ1v) is 10.1. The third-order valence-corrected chi connectivity index (χ3v) is 5.71. The summed E-state index contributed by atoms with van der Waals surface area (Å²) in [5.41, 5.74) is 2.82. The van der Waals surface area contributed by atoms with Crippen LogP contribution in [0.5, 0.6) is 0 Å². The first-order chi connectivity index (χ1) is 14.1. The number of aliphatic hydroxyl groups is 1. The van der Waals surface area contributed by atoms with Gasteiger partial charge >= 0.3 is 6.18 Å². The van der Waals surface area contributed by atoms with Gasteiger partial charge in [0.05, 0.1) is 29.1 Å². The quantitative estimate of drug-likeness (QED) is 0.719. The highest BCUT2D eigenvalue weighted by Gasteiger charge is 2.31. The number of rotatable bonds is 3. The van der Waals surface area contributed by atoms with Crippen LogP contribution in [0.15, 0.2) is 47.6 Å². The monoisotopic (exact) mass is 418 g/mol. The van der Waals surface area contributed by atoms with E-state index in [2.05, 4.69) is 10.4 Å². The molecule has 0 fully saturated rings. The van der Waals surface area contributed by atoms with Crippen LogP contribution in [-0.2, 0) is 12.6 Å². The van der Waals surface area contributed by atoms with Crippen LogP contribution in [0.4, 0.5) is 13.2 Å². The van der Waals surface area contributed by atoms with Crippen LogP contribution in [-0.4, -0.2) is 32.2 Å². The SMILES string of the molecule is CC(C)(O)[C@H]1C=C[C@H](N=C2CCc3ncc(-c4cccc(C(F)(F)F)c4)n3N2)CC1. The van der Waals surface area contributed by atoms with E-state index in [-0.39, 0.29) is 12.0 Å². The van der Waals surface area contributed by atoms with E-state index in [9.17, 15) is 18.3 Å². The molecule has 2 atom stereocenters. The maximum Gasteiger partial charge on any atom is 0.416 e. The van der Waals surface area contributed by atoms with Crippen molar-refractivity contribution in [3.05, 3.63) is 54.0 Å². The first-order valence-electron chi connectivity index (χ1n) is 10.1. The fourth-order valence-corrected chi connectivity index (χ4v) is 3.96. The van der Waals surface area contributed by atoms with Crippen molar-refractivity contribution >= 4 is 5.84 Å². The van der Waals surface area contributed by atoms with E-state index in [1.807, 2.05) is 26.0 Å². The number of benzene rings is 1. The van der Waals surface area contributed by atoms with Gasteiger partial charge in [0.25, 0.3) is 0 Å². The molecular formula is C22H25F3N4O. The molecule has 0 saturated heterocycles. The number of hydrogen-bond donors (Lipinski definition) is 2. The molecule has 1 aliphatic carbocycles. The average Bonchev–Trinajstić information content (AvgIpc) is 3.10. The van der Waals surface area contributed by atoms with Gasteiger partial charge in [0.1, 0.15) is 11.7 Å². The molecule has 4 rings (SSSR count). The Morgan fingerprint density at radius 3 is 2.63 bits per heavy atom. The Morgan fingerprint density at radius 2 is 1.97 bits per heavy atom. The predicted octanol–water partition coefficient (Wildman–Crippen LogP) is 4.56. The van der Waals surface area contributed by atoms with Crippen LogP contribution in [0.3, 0.4) is 0 Å². The number of halogens is 3. The highest BCUT2D eigenvalue weighted by atomic mass is 19.4. The van der Waals surface area contributed by atoms with E-state index in [0.29, 0.717) is 24.1 Å². The Bertz CT molecular complexity index is 985. The van der Waals surface area contributed by atoms with Crippen LogP contribution in [0, 0.1) is 5.92 Å². The second-order valence-electron chi connectivity index (χ2n) is 8.45. The van der Waals surface area contributed by atoms with Gasteiger partial charge < -0.3 is 5.11 Å². The van der Waals surface area contributed by atoms with Gasteiger partial charge in [-0.3, -0.25) is 10.4 Å². The van der Waals surface area contributed by atoms with Crippen molar-refractivity contribution in [3.63, 3.8) is 0 Å². The molecule has 2 N–H and O–H groups in total. The lowest BCUT2D eigenvalue weighted by Gasteiger charge is -2.31. The molecule has 0 saturated carbocycles. The third-order valence-electron chi connectivity index (χ3n) is 5.71. The molecule has 160 valence electrons. The standard InChI is InChI=1S/C22H25F3N4O/c1-21(2,30)15-6-8-17(9-7-15)27-19-10-11-20-26-13-18(29(20)28-19)14-4-3-5-16(12-14)22(23,24)25/h3-6,8,12-13,15,17,30H,7,9-11H2,1-2H3,(H,27,28)/t15-,17-/m0/s1. The summed E-state index contributed by atoms with van der Waals surface area (Å²) in [6.45, 7) is 3.62. The van der Waals surface area contributed by atoms with Crippen molar-refractivity contribution in [2.75, 3.05) is 5.43 Å². The largest absolute Gasteiger partial charge is 0.416 e. The van der Waals surface area contributed by atoms with Gasteiger partial charge in [-0.1, -0.05) is 24.3 Å². The summed E-state index contributed by atoms with van der Waals surface area (Å²) >= 11 is 0. The van der Waals surface area contributed by atoms with Gasteiger partial charge in [0, 0.05) is 24.3 Å². The van der Waals surface area contributed by atoms with Crippen LogP contribution >= 0.6 is 0 Å². The lowest BCUT2D eigenvalue weighted by molar-refractivity contribution is -0.137. The fourth-order valence-electron chi connectivity index (χ4n) is 3.96. The minimum Gasteiger partial charge on any atom is -0.390 e. The van der Waals surface area contributed by atoms with E-state index in [1.54, 1.807) is 16.9 Å². The molecule has 0 amide bonds. The normalized spacial score (nSPS) is 23.3. The molecule has 30 heavy (non-hydrogen) atoms. The van der Waals surface area contributed by atoms with Crippen LogP contribution in [0.25, 0.3) is 11.3 Å². The summed E-state index contributed by atoms with van der Waals surface area (Å²) < 4.78 is 41.0. The molecule has 2 heterocycles. The molecule has 8 heteroatoms. The van der Waals surface area contributed by atoms with E-state index in [1.165, 1.54) is 6.07 Å². The third kappa shape index (κ3) is 4.28. The number of aromatic nitrogens is 2. The first kappa shape index (κ1) is 20.7. The molecule has 2 aromatic rings. The molecule has 0 spiro atoms. The zero-order valence-electron chi connectivity index (χ0n) is 16.9. The van der Waals surface area contributed by atoms with E-state index in [4.69, 9.17) is 4.99 Å². The molecule has 0 unspecified atom stereocenters. The zero-order chi connectivity index (χ0) is 21.5. The Kier molecular flexibility index (Phi) is 5.22. The molecule has 2 aliphatic rings. The summed E-state index contributed by atoms with van der Waals surface area (Å²) in [5, 5.41) is 10.2. The second kappa shape index (κ2) is 7.58. The van der Waals surface area contributed by atoms with Crippen molar-refractivity contribution in [1.29, 1.82) is 0 Å². The fraction of sp³-hybridized carbons (Fsp3) is 0.455. The number of imidazole rings is 1. The molecular weight excluding hydrogens is 393 g/mol. The highest BCUT2D eigenvalue weighted by molar-refractivity contribution is 5.91. The summed E-state index contributed by atoms with van der Waals surface area (Å²) in [7, 11) is 0. The van der Waals surface area contributed by atoms with Crippen LogP contribution < -0.4 is 5.43 Å². The number of nitrogens with zero attached hydrogens (tertiary/aromatic N) is 3. The Hall–Kier alpha value is -2.61. The van der Waals surface area contributed by atoms with Crippen molar-refractivity contribution in [2.45, 2.75) is 57.3 Å². The van der Waals surface area contributed by atoms with E-state index >= 15 is 0 Å². The van der Waals surface area contributed by atoms with Gasteiger partial charge in [0.2, 0.25) is 0 Å². The van der Waals surface area contributed by atoms with Crippen molar-refractivity contribution in [2.24, 2.45) is 10.9 Å². The number of nitrogens with one attached hydrogen (secondary N) is 1. The lowest BCUT2D eigenvalue weighted by Crippen LogP contribution is -2.34. The lowest BCUT2D eigenvalue weighted by atomic mass is 9.82. The maximum atomic E-state index is 13.1. The van der Waals surface area contributed by atoms with Gasteiger partial charge in [-0.2, -0.15) is 13.2 Å². The van der Waals surface area contributed by atoms with E-state index < -0.39 is 17.3 Å². The molecule has 1 aromatic heterocycles. The summed E-state index contributed by atoms with van der Waals surface area (Å²) in [6.07, 6.45) is 4.30. The van der Waals surface area contributed by atoms with Crippen molar-refractivity contribution in [3.8, 4) is 11.3 Å². The number of alkyl halides is 3. The minimum absolute atomic E-state index is 0.0215. The topological polar surface area (TPSA) is 62.4 Å². The van der Waals surface area contributed by atoms with Gasteiger partial charge in [0.15, 0.2) is 0 Å². The smallest absolute Gasteiger partial charge is 0.390 e. The number of aryl methyl sites for hydroxylation is 1. The highest BCUT2D eigenvalue weighted by Crippen LogP contribution is 2.33. The summed E-state index contributed by atoms with van der Waals surface area (Å²) in [4.78, 5) is 9.16. The molecule has 1 aliphatic heterocycles. The zero-order valence-corrected chi connectivity index (χ0v) is 16.9. The summed E-state index contributed by atoms with van der Waals surface area (Å²) in [6, 6.07) is 5.27. The number of aliphatic imine (C=N–C) groups is 1. The average molecular weight is 418 g/mol. The number of amidine groups is 1. The number of fused-ring (bicyclic) bond motifs is 1. The van der Waals surface area contributed by atoms with Crippen LogP contribution in [0.1, 0.15) is 44.5 Å². The Labute approximate surface area is 173 Å². The molecule has 0 bridgehead atoms. The van der Waals surface area contributed by atoms with Gasteiger partial charge in [-0.05, 0) is 38.8 Å².